The average molecular weight is 279 g/mol. The Hall–Kier alpha value is -2.71. The Kier molecular flexibility index (Phi) is 3.78. The Morgan fingerprint density at radius 2 is 2.20 bits per heavy atom. The highest BCUT2D eigenvalue weighted by Gasteiger charge is 2.14. The Morgan fingerprint density at radius 1 is 1.45 bits per heavy atom. The molecule has 0 saturated carbocycles. The maximum absolute atomic E-state index is 11.8. The van der Waals surface area contributed by atoms with E-state index in [1.807, 2.05) is 0 Å². The molecule has 2 N–H and O–H groups in total. The van der Waals surface area contributed by atoms with E-state index in [0.717, 1.165) is 10.2 Å². The number of nitrogens with zero attached hydrogens (tertiary/aromatic N) is 4. The SMILES string of the molecule is Cc1noc(C)c1CNC(=O)c1cn(CC(=O)O)nn1. The lowest BCUT2D eigenvalue weighted by atomic mass is 10.2. The van der Waals surface area contributed by atoms with Crippen molar-refractivity contribution in [1.82, 2.24) is 25.5 Å². The zero-order chi connectivity index (χ0) is 14.7. The first kappa shape index (κ1) is 13.7. The van der Waals surface area contributed by atoms with Gasteiger partial charge in [-0.25, -0.2) is 4.68 Å². The van der Waals surface area contributed by atoms with Crippen molar-refractivity contribution >= 4 is 11.9 Å². The average Bonchev–Trinajstić information content (AvgIpc) is 2.95. The summed E-state index contributed by atoms with van der Waals surface area (Å²) in [5.74, 6) is -0.864. The van der Waals surface area contributed by atoms with Crippen LogP contribution >= 0.6 is 0 Å². The quantitative estimate of drug-likeness (QED) is 0.783. The van der Waals surface area contributed by atoms with E-state index in [4.69, 9.17) is 9.63 Å². The van der Waals surface area contributed by atoms with Crippen LogP contribution in [-0.4, -0.2) is 37.1 Å². The number of carboxylic acids is 1. The van der Waals surface area contributed by atoms with Gasteiger partial charge in [0.15, 0.2) is 5.69 Å². The van der Waals surface area contributed by atoms with Crippen molar-refractivity contribution in [3.05, 3.63) is 28.9 Å². The number of rotatable bonds is 5. The smallest absolute Gasteiger partial charge is 0.325 e. The van der Waals surface area contributed by atoms with E-state index in [2.05, 4.69) is 20.8 Å². The molecule has 0 fully saturated rings. The van der Waals surface area contributed by atoms with Crippen LogP contribution in [0.2, 0.25) is 0 Å². The van der Waals surface area contributed by atoms with E-state index < -0.39 is 11.9 Å². The molecule has 9 nitrogen and oxygen atoms in total. The van der Waals surface area contributed by atoms with Gasteiger partial charge in [-0.05, 0) is 13.8 Å². The predicted octanol–water partition coefficient (Wildman–Crippen LogP) is -0.102. The zero-order valence-corrected chi connectivity index (χ0v) is 11.0. The first-order chi connectivity index (χ1) is 9.47. The van der Waals surface area contributed by atoms with Gasteiger partial charge in [0.25, 0.3) is 5.91 Å². The standard InChI is InChI=1S/C11H13N5O4/c1-6-8(7(2)20-14-6)3-12-11(19)9-4-16(15-13-9)5-10(17)18/h4H,3,5H2,1-2H3,(H,12,19)(H,17,18). The highest BCUT2D eigenvalue weighted by atomic mass is 16.5. The number of aromatic nitrogens is 4. The molecule has 2 heterocycles. The largest absolute Gasteiger partial charge is 0.480 e. The van der Waals surface area contributed by atoms with Gasteiger partial charge in [0, 0.05) is 12.1 Å². The molecule has 0 aliphatic carbocycles. The third-order valence-corrected chi connectivity index (χ3v) is 2.68. The second-order valence-corrected chi connectivity index (χ2v) is 4.18. The number of nitrogens with one attached hydrogen (secondary N) is 1. The molecule has 20 heavy (non-hydrogen) atoms. The number of carbonyl (C=O) groups excluding carboxylic acids is 1. The van der Waals surface area contributed by atoms with Gasteiger partial charge in [-0.3, -0.25) is 9.59 Å². The summed E-state index contributed by atoms with van der Waals surface area (Å²) < 4.78 is 6.06. The Labute approximate surface area is 113 Å². The Morgan fingerprint density at radius 3 is 2.80 bits per heavy atom. The summed E-state index contributed by atoms with van der Waals surface area (Å²) in [5.41, 5.74) is 1.56. The monoisotopic (exact) mass is 279 g/mol. The molecule has 0 bridgehead atoms. The molecule has 9 heteroatoms. The summed E-state index contributed by atoms with van der Waals surface area (Å²) in [6, 6.07) is 0. The minimum absolute atomic E-state index is 0.0537. The van der Waals surface area contributed by atoms with Crippen LogP contribution in [0.5, 0.6) is 0 Å². The van der Waals surface area contributed by atoms with E-state index in [9.17, 15) is 9.59 Å². The fourth-order valence-corrected chi connectivity index (χ4v) is 1.63. The van der Waals surface area contributed by atoms with Crippen molar-refractivity contribution < 1.29 is 19.2 Å². The summed E-state index contributed by atoms with van der Waals surface area (Å²) >= 11 is 0. The van der Waals surface area contributed by atoms with E-state index in [0.29, 0.717) is 11.5 Å². The third-order valence-electron chi connectivity index (χ3n) is 2.68. The zero-order valence-electron chi connectivity index (χ0n) is 11.0. The van der Waals surface area contributed by atoms with Crippen LogP contribution in [0.15, 0.2) is 10.7 Å². The molecule has 0 unspecified atom stereocenters. The minimum atomic E-state index is -1.06. The van der Waals surface area contributed by atoms with E-state index in [-0.39, 0.29) is 18.8 Å². The van der Waals surface area contributed by atoms with Crippen LogP contribution in [0, 0.1) is 13.8 Å². The molecule has 0 aliphatic heterocycles. The summed E-state index contributed by atoms with van der Waals surface area (Å²) in [6.07, 6.45) is 1.27. The highest BCUT2D eigenvalue weighted by Crippen LogP contribution is 2.11. The van der Waals surface area contributed by atoms with E-state index >= 15 is 0 Å². The van der Waals surface area contributed by atoms with Gasteiger partial charge in [0.1, 0.15) is 12.3 Å². The van der Waals surface area contributed by atoms with Crippen LogP contribution < -0.4 is 5.32 Å². The number of carboxylic acid groups (broad SMARTS) is 1. The fourth-order valence-electron chi connectivity index (χ4n) is 1.63. The molecule has 2 aromatic heterocycles. The van der Waals surface area contributed by atoms with Gasteiger partial charge in [0.05, 0.1) is 11.9 Å². The molecule has 0 atom stereocenters. The van der Waals surface area contributed by atoms with Crippen molar-refractivity contribution in [2.75, 3.05) is 0 Å². The van der Waals surface area contributed by atoms with E-state index in [1.54, 1.807) is 13.8 Å². The summed E-state index contributed by atoms with van der Waals surface area (Å²) in [6.45, 7) is 3.45. The highest BCUT2D eigenvalue weighted by molar-refractivity contribution is 5.91. The molecule has 2 aromatic rings. The lowest BCUT2D eigenvalue weighted by Crippen LogP contribution is -2.23. The van der Waals surface area contributed by atoms with Gasteiger partial charge in [-0.2, -0.15) is 0 Å². The van der Waals surface area contributed by atoms with Crippen molar-refractivity contribution in [2.45, 2.75) is 26.9 Å². The molecular weight excluding hydrogens is 266 g/mol. The molecule has 2 rings (SSSR count). The molecule has 1 amide bonds. The lowest BCUT2D eigenvalue weighted by Gasteiger charge is -2.01. The molecule has 106 valence electrons. The maximum Gasteiger partial charge on any atom is 0.325 e. The van der Waals surface area contributed by atoms with Crippen LogP contribution in [-0.2, 0) is 17.9 Å². The van der Waals surface area contributed by atoms with Crippen LogP contribution in [0.1, 0.15) is 27.5 Å². The Balaban J connectivity index is 1.98. The predicted molar refractivity (Wildman–Crippen MR) is 64.8 cm³/mol. The second-order valence-electron chi connectivity index (χ2n) is 4.18. The summed E-state index contributed by atoms with van der Waals surface area (Å²) in [5, 5.41) is 22.2. The van der Waals surface area contributed by atoms with Gasteiger partial charge in [-0.15, -0.1) is 5.10 Å². The number of hydrogen-bond acceptors (Lipinski definition) is 6. The fraction of sp³-hybridized carbons (Fsp3) is 0.364. The first-order valence-electron chi connectivity index (χ1n) is 5.79. The third kappa shape index (κ3) is 2.99. The number of amides is 1. The number of aliphatic carboxylic acids is 1. The van der Waals surface area contributed by atoms with E-state index in [1.165, 1.54) is 6.20 Å². The van der Waals surface area contributed by atoms with Gasteiger partial charge < -0.3 is 14.9 Å². The topological polar surface area (TPSA) is 123 Å². The minimum Gasteiger partial charge on any atom is -0.480 e. The van der Waals surface area contributed by atoms with Crippen molar-refractivity contribution in [3.63, 3.8) is 0 Å². The van der Waals surface area contributed by atoms with Crippen molar-refractivity contribution in [3.8, 4) is 0 Å². The molecule has 0 aliphatic rings. The molecular formula is C11H13N5O4. The van der Waals surface area contributed by atoms with Crippen LogP contribution in [0.3, 0.4) is 0 Å². The maximum atomic E-state index is 11.8. The first-order valence-corrected chi connectivity index (χ1v) is 5.79. The molecule has 0 spiro atoms. The lowest BCUT2D eigenvalue weighted by molar-refractivity contribution is -0.137. The number of carbonyl (C=O) groups is 2. The van der Waals surface area contributed by atoms with Gasteiger partial charge in [0.2, 0.25) is 0 Å². The number of aryl methyl sites for hydroxylation is 2. The summed E-state index contributed by atoms with van der Waals surface area (Å²) in [7, 11) is 0. The normalized spacial score (nSPS) is 10.5. The van der Waals surface area contributed by atoms with Crippen molar-refractivity contribution in [1.29, 1.82) is 0 Å². The second kappa shape index (κ2) is 5.51. The summed E-state index contributed by atoms with van der Waals surface area (Å²) in [4.78, 5) is 22.3. The van der Waals surface area contributed by atoms with Crippen LogP contribution in [0.4, 0.5) is 0 Å². The molecule has 0 saturated heterocycles. The number of hydrogen-bond donors (Lipinski definition) is 2. The van der Waals surface area contributed by atoms with Gasteiger partial charge >= 0.3 is 5.97 Å². The Bertz CT molecular complexity index is 626. The van der Waals surface area contributed by atoms with Crippen LogP contribution in [0.25, 0.3) is 0 Å². The molecule has 0 aromatic carbocycles. The molecule has 0 radical (unpaired) electrons. The van der Waals surface area contributed by atoms with Crippen molar-refractivity contribution in [2.24, 2.45) is 0 Å². The van der Waals surface area contributed by atoms with Gasteiger partial charge in [-0.1, -0.05) is 10.4 Å².